The molecular formula is C27H28N4O3S. The number of benzene rings is 2. The minimum atomic E-state index is -0.196. The molecule has 0 radical (unpaired) electrons. The Balaban J connectivity index is 1.41. The summed E-state index contributed by atoms with van der Waals surface area (Å²) in [5.74, 6) is 1.43. The molecule has 4 aromatic rings. The number of amides is 2. The van der Waals surface area contributed by atoms with Crippen molar-refractivity contribution < 1.29 is 14.0 Å². The van der Waals surface area contributed by atoms with E-state index in [2.05, 4.69) is 27.8 Å². The molecule has 0 unspecified atom stereocenters. The minimum Gasteiger partial charge on any atom is -0.465 e. The first-order valence-corrected chi connectivity index (χ1v) is 12.3. The van der Waals surface area contributed by atoms with Crippen LogP contribution in [0.3, 0.4) is 0 Å². The van der Waals surface area contributed by atoms with Gasteiger partial charge in [0.1, 0.15) is 11.5 Å². The molecule has 4 rings (SSSR count). The van der Waals surface area contributed by atoms with Crippen LogP contribution in [0.1, 0.15) is 38.6 Å². The van der Waals surface area contributed by atoms with Gasteiger partial charge in [0.2, 0.25) is 5.91 Å². The summed E-state index contributed by atoms with van der Waals surface area (Å²) in [6.45, 7) is 8.21. The van der Waals surface area contributed by atoms with Gasteiger partial charge in [0.25, 0.3) is 5.91 Å². The highest BCUT2D eigenvalue weighted by Crippen LogP contribution is 2.24. The monoisotopic (exact) mass is 488 g/mol. The van der Waals surface area contributed by atoms with Crippen LogP contribution in [0.2, 0.25) is 0 Å². The summed E-state index contributed by atoms with van der Waals surface area (Å²) in [6.07, 6.45) is 3.50. The third-order valence-corrected chi connectivity index (χ3v) is 6.45. The molecule has 0 bridgehead atoms. The van der Waals surface area contributed by atoms with Crippen molar-refractivity contribution in [3.8, 4) is 5.69 Å². The van der Waals surface area contributed by atoms with Gasteiger partial charge in [0, 0.05) is 29.3 Å². The fraction of sp³-hybridized carbons (Fsp3) is 0.222. The van der Waals surface area contributed by atoms with Crippen molar-refractivity contribution in [1.82, 2.24) is 14.9 Å². The summed E-state index contributed by atoms with van der Waals surface area (Å²) in [7, 11) is 0. The normalized spacial score (nSPS) is 10.9. The van der Waals surface area contributed by atoms with Crippen molar-refractivity contribution >= 4 is 29.3 Å². The predicted molar refractivity (Wildman–Crippen MR) is 138 cm³/mol. The highest BCUT2D eigenvalue weighted by Gasteiger charge is 2.13. The zero-order valence-corrected chi connectivity index (χ0v) is 21.0. The van der Waals surface area contributed by atoms with E-state index in [1.807, 2.05) is 62.7 Å². The number of carbonyl (C=O) groups excluding carboxylic acids is 2. The van der Waals surface area contributed by atoms with Crippen molar-refractivity contribution in [2.45, 2.75) is 39.4 Å². The smallest absolute Gasteiger partial charge is 0.251 e. The molecule has 180 valence electrons. The van der Waals surface area contributed by atoms with E-state index in [0.29, 0.717) is 23.0 Å². The van der Waals surface area contributed by atoms with Crippen LogP contribution in [0, 0.1) is 27.7 Å². The lowest BCUT2D eigenvalue weighted by Gasteiger charge is -2.13. The van der Waals surface area contributed by atoms with Crippen molar-refractivity contribution in [2.75, 3.05) is 11.1 Å². The molecular weight excluding hydrogens is 460 g/mol. The Kier molecular flexibility index (Phi) is 7.41. The first kappa shape index (κ1) is 24.3. The van der Waals surface area contributed by atoms with E-state index in [9.17, 15) is 9.59 Å². The third-order valence-electron chi connectivity index (χ3n) is 5.49. The van der Waals surface area contributed by atoms with Gasteiger partial charge >= 0.3 is 0 Å². The second-order valence-electron chi connectivity index (χ2n) is 8.44. The van der Waals surface area contributed by atoms with Crippen LogP contribution in [0.15, 0.2) is 70.5 Å². The Morgan fingerprint density at radius 2 is 1.80 bits per heavy atom. The van der Waals surface area contributed by atoms with Crippen molar-refractivity contribution in [2.24, 2.45) is 0 Å². The lowest BCUT2D eigenvalue weighted by molar-refractivity contribution is -0.113. The lowest BCUT2D eigenvalue weighted by atomic mass is 10.1. The summed E-state index contributed by atoms with van der Waals surface area (Å²) >= 11 is 1.34. The zero-order chi connectivity index (χ0) is 24.9. The summed E-state index contributed by atoms with van der Waals surface area (Å²) in [6, 6.07) is 15.1. The number of aryl methyl sites for hydroxylation is 4. The molecule has 2 aromatic carbocycles. The van der Waals surface area contributed by atoms with Gasteiger partial charge in [-0.05, 0) is 69.2 Å². The topological polar surface area (TPSA) is 89.2 Å². The van der Waals surface area contributed by atoms with Crippen LogP contribution >= 0.6 is 11.8 Å². The fourth-order valence-corrected chi connectivity index (χ4v) is 4.70. The van der Waals surface area contributed by atoms with Crippen molar-refractivity contribution in [1.29, 1.82) is 0 Å². The predicted octanol–water partition coefficient (Wildman–Crippen LogP) is 5.36. The number of furan rings is 1. The largest absolute Gasteiger partial charge is 0.465 e. The van der Waals surface area contributed by atoms with E-state index in [-0.39, 0.29) is 17.6 Å². The second-order valence-corrected chi connectivity index (χ2v) is 9.38. The number of carbonyl (C=O) groups is 2. The maximum absolute atomic E-state index is 12.7. The molecule has 0 spiro atoms. The molecule has 2 aromatic heterocycles. The van der Waals surface area contributed by atoms with Crippen LogP contribution in [-0.2, 0) is 11.3 Å². The number of hydrogen-bond acceptors (Lipinski definition) is 5. The number of hydrogen-bond donors (Lipinski definition) is 2. The van der Waals surface area contributed by atoms with Gasteiger partial charge in [-0.3, -0.25) is 14.2 Å². The number of thioether (sulfide) groups is 1. The first-order chi connectivity index (χ1) is 16.8. The molecule has 0 aliphatic rings. The standard InChI is InChI=1S/C27H28N4O3S/c1-17-12-18(2)25(19(3)13-17)30-24(32)16-35-27-28-10-11-31(27)22-7-5-6-21(14-22)26(33)29-15-23-9-8-20(4)34-23/h5-14H,15-16H2,1-4H3,(H,29,33)(H,30,32). The van der Waals surface area contributed by atoms with Gasteiger partial charge in [0.05, 0.1) is 12.3 Å². The van der Waals surface area contributed by atoms with Gasteiger partial charge in [-0.15, -0.1) is 0 Å². The average molecular weight is 489 g/mol. The summed E-state index contributed by atoms with van der Waals surface area (Å²) in [5.41, 5.74) is 5.42. The van der Waals surface area contributed by atoms with Gasteiger partial charge in [0.15, 0.2) is 5.16 Å². The number of imidazole rings is 1. The van der Waals surface area contributed by atoms with Crippen LogP contribution in [0.5, 0.6) is 0 Å². The molecule has 0 atom stereocenters. The second kappa shape index (κ2) is 10.7. The quantitative estimate of drug-likeness (QED) is 0.326. The maximum Gasteiger partial charge on any atom is 0.251 e. The molecule has 7 nitrogen and oxygen atoms in total. The number of rotatable bonds is 8. The molecule has 2 heterocycles. The Morgan fingerprint density at radius 3 is 2.51 bits per heavy atom. The minimum absolute atomic E-state index is 0.0964. The van der Waals surface area contributed by atoms with Gasteiger partial charge in [-0.1, -0.05) is 35.5 Å². The number of nitrogens with zero attached hydrogens (tertiary/aromatic N) is 2. The van der Waals surface area contributed by atoms with Crippen LogP contribution in [0.4, 0.5) is 5.69 Å². The first-order valence-electron chi connectivity index (χ1n) is 11.3. The molecule has 0 fully saturated rings. The Bertz CT molecular complexity index is 1350. The van der Waals surface area contributed by atoms with E-state index in [0.717, 1.165) is 28.3 Å². The molecule has 0 aliphatic heterocycles. The van der Waals surface area contributed by atoms with E-state index in [1.165, 1.54) is 17.3 Å². The fourth-order valence-electron chi connectivity index (χ4n) is 3.92. The van der Waals surface area contributed by atoms with Crippen LogP contribution < -0.4 is 10.6 Å². The Hall–Kier alpha value is -3.78. The SMILES string of the molecule is Cc1cc(C)c(NC(=O)CSc2nccn2-c2cccc(C(=O)NCc3ccc(C)o3)c2)c(C)c1. The maximum atomic E-state index is 12.7. The summed E-state index contributed by atoms with van der Waals surface area (Å²) in [4.78, 5) is 29.7. The van der Waals surface area contributed by atoms with E-state index >= 15 is 0 Å². The number of nitrogens with one attached hydrogen (secondary N) is 2. The molecule has 35 heavy (non-hydrogen) atoms. The van der Waals surface area contributed by atoms with Gasteiger partial charge < -0.3 is 15.1 Å². The van der Waals surface area contributed by atoms with E-state index in [1.54, 1.807) is 18.3 Å². The molecule has 8 heteroatoms. The molecule has 2 N–H and O–H groups in total. The number of aromatic nitrogens is 2. The lowest BCUT2D eigenvalue weighted by Crippen LogP contribution is -2.22. The van der Waals surface area contributed by atoms with E-state index < -0.39 is 0 Å². The highest BCUT2D eigenvalue weighted by atomic mass is 32.2. The number of anilines is 1. The van der Waals surface area contributed by atoms with Gasteiger partial charge in [-0.2, -0.15) is 0 Å². The van der Waals surface area contributed by atoms with Gasteiger partial charge in [-0.25, -0.2) is 4.98 Å². The van der Waals surface area contributed by atoms with Crippen molar-refractivity contribution in [3.05, 3.63) is 94.7 Å². The highest BCUT2D eigenvalue weighted by molar-refractivity contribution is 7.99. The molecule has 2 amide bonds. The molecule has 0 saturated carbocycles. The molecule has 0 aliphatic carbocycles. The van der Waals surface area contributed by atoms with E-state index in [4.69, 9.17) is 4.42 Å². The zero-order valence-electron chi connectivity index (χ0n) is 20.2. The Morgan fingerprint density at radius 1 is 1.03 bits per heavy atom. The van der Waals surface area contributed by atoms with Crippen molar-refractivity contribution in [3.63, 3.8) is 0 Å². The van der Waals surface area contributed by atoms with Crippen LogP contribution in [0.25, 0.3) is 5.69 Å². The summed E-state index contributed by atoms with van der Waals surface area (Å²) < 4.78 is 7.38. The summed E-state index contributed by atoms with van der Waals surface area (Å²) in [5, 5.41) is 6.57. The van der Waals surface area contributed by atoms with Crippen LogP contribution in [-0.4, -0.2) is 27.1 Å². The average Bonchev–Trinajstić information content (AvgIpc) is 3.47. The molecule has 0 saturated heterocycles. The third kappa shape index (κ3) is 6.02. The Labute approximate surface area is 209 Å².